The molecule has 0 aromatic carbocycles. The third-order valence-electron chi connectivity index (χ3n) is 10.5. The highest BCUT2D eigenvalue weighted by atomic mass is 32.2. The Bertz CT molecular complexity index is 2790. The van der Waals surface area contributed by atoms with Gasteiger partial charge >= 0.3 is 0 Å². The summed E-state index contributed by atoms with van der Waals surface area (Å²) in [5.74, 6) is 0.611. The second-order valence-corrected chi connectivity index (χ2v) is 21.0. The van der Waals surface area contributed by atoms with Gasteiger partial charge in [0.2, 0.25) is 0 Å². The van der Waals surface area contributed by atoms with Crippen molar-refractivity contribution < 1.29 is 8.42 Å². The first kappa shape index (κ1) is 34.9. The Morgan fingerprint density at radius 1 is 0.655 bits per heavy atom. The van der Waals surface area contributed by atoms with Gasteiger partial charge in [0.25, 0.3) is 0 Å². The summed E-state index contributed by atoms with van der Waals surface area (Å²) >= 11 is 5.82. The molecule has 17 heteroatoms. The van der Waals surface area contributed by atoms with E-state index in [0.717, 1.165) is 98.3 Å². The van der Waals surface area contributed by atoms with Gasteiger partial charge in [-0.2, -0.15) is 0 Å². The molecule has 0 spiro atoms. The molecule has 0 saturated heterocycles. The van der Waals surface area contributed by atoms with Crippen LogP contribution in [0.15, 0.2) is 79.1 Å². The van der Waals surface area contributed by atoms with Crippen LogP contribution in [-0.4, -0.2) is 48.8 Å². The van der Waals surface area contributed by atoms with E-state index in [-0.39, 0.29) is 16.4 Å². The fraction of sp³-hybridized carbons (Fsp3) is 0.211. The number of nitrogens with two attached hydrogens (primary N) is 3. The fourth-order valence-corrected chi connectivity index (χ4v) is 14.7. The molecule has 0 amide bonds. The van der Waals surface area contributed by atoms with Crippen LogP contribution in [-0.2, 0) is 21.6 Å². The smallest absolute Gasteiger partial charge is 0.127 e. The van der Waals surface area contributed by atoms with Crippen LogP contribution < -0.4 is 17.2 Å². The molecule has 2 saturated carbocycles. The van der Waals surface area contributed by atoms with Crippen molar-refractivity contribution in [3.05, 3.63) is 76.3 Å². The van der Waals surface area contributed by atoms with Gasteiger partial charge in [0.05, 0.1) is 66.8 Å². The largest absolute Gasteiger partial charge is 0.396 e. The maximum atomic E-state index is 14.2. The molecule has 2 aliphatic carbocycles. The van der Waals surface area contributed by atoms with E-state index in [2.05, 4.69) is 26.0 Å². The molecule has 8 heterocycles. The average Bonchev–Trinajstić information content (AvgIpc) is 3.98. The molecule has 8 aromatic heterocycles. The first-order valence-electron chi connectivity index (χ1n) is 17.5. The van der Waals surface area contributed by atoms with Gasteiger partial charge in [0, 0.05) is 72.9 Å². The third-order valence-corrected chi connectivity index (χ3v) is 18.2. The lowest BCUT2D eigenvalue weighted by atomic mass is 9.79. The van der Waals surface area contributed by atoms with Crippen LogP contribution in [0.5, 0.6) is 0 Å². The number of nitrogens with zero attached hydrogens (tertiary/aromatic N) is 6. The van der Waals surface area contributed by atoms with Gasteiger partial charge in [0.1, 0.15) is 23.9 Å². The van der Waals surface area contributed by atoms with Crippen molar-refractivity contribution in [3.8, 4) is 45.0 Å². The molecule has 276 valence electrons. The SMILES string of the molecule is Nc1ccc(-c2cc(-c3cscn3)c3c(N)c(S(=O)C4CC(c5cncc(-c6cc(-c7cscn7)c7c(N)c(S(=O)C8CCC8)sc7n6)c5)C4)sc3n2)cn1. The highest BCUT2D eigenvalue weighted by molar-refractivity contribution is 7.88. The lowest BCUT2D eigenvalue weighted by molar-refractivity contribution is 0.425. The standard InChI is InChI=1S/C38H31N9O2S6/c39-30-5-4-18(13-43-30)26-9-24(28-14-50-16-44-28)31-34(41)38(53-35(31)46-26)55(49)23-7-19(8-23)20-6-21(12-42-11-20)27-10-25(29-15-51-17-45-29)32-33(40)37(52-36(32)47-27)54(48)22-2-1-3-22/h4-6,9-17,19,22-23H,1-3,7-8,40-41H2,(H2,39,43). The number of aromatic nitrogens is 6. The van der Waals surface area contributed by atoms with E-state index in [9.17, 15) is 8.42 Å². The Hall–Kier alpha value is -4.52. The molecule has 0 bridgehead atoms. The van der Waals surface area contributed by atoms with E-state index in [4.69, 9.17) is 27.2 Å². The Balaban J connectivity index is 0.941. The minimum atomic E-state index is -1.34. The van der Waals surface area contributed by atoms with Crippen molar-refractivity contribution in [1.29, 1.82) is 0 Å². The minimum absolute atomic E-state index is 0.0673. The van der Waals surface area contributed by atoms with E-state index >= 15 is 0 Å². The highest BCUT2D eigenvalue weighted by Crippen LogP contribution is 2.49. The summed E-state index contributed by atoms with van der Waals surface area (Å²) < 4.78 is 29.0. The molecule has 2 unspecified atom stereocenters. The van der Waals surface area contributed by atoms with Crippen molar-refractivity contribution in [1.82, 2.24) is 29.9 Å². The summed E-state index contributed by atoms with van der Waals surface area (Å²) in [6.45, 7) is 0. The fourth-order valence-electron chi connectivity index (χ4n) is 7.17. The van der Waals surface area contributed by atoms with E-state index in [0.29, 0.717) is 30.4 Å². The second kappa shape index (κ2) is 13.9. The number of fused-ring (bicyclic) bond motifs is 2. The topological polar surface area (TPSA) is 190 Å². The lowest BCUT2D eigenvalue weighted by Gasteiger charge is -2.34. The predicted octanol–water partition coefficient (Wildman–Crippen LogP) is 8.74. The maximum absolute atomic E-state index is 14.2. The number of thiophene rings is 2. The van der Waals surface area contributed by atoms with Crippen LogP contribution in [0, 0.1) is 0 Å². The van der Waals surface area contributed by atoms with Crippen molar-refractivity contribution in [2.45, 2.75) is 56.9 Å². The maximum Gasteiger partial charge on any atom is 0.127 e. The number of hydrogen-bond acceptors (Lipinski definition) is 15. The van der Waals surface area contributed by atoms with Gasteiger partial charge in [-0.1, -0.05) is 6.42 Å². The molecular formula is C38H31N9O2S6. The summed E-state index contributed by atoms with van der Waals surface area (Å²) in [5.41, 5.74) is 31.6. The summed E-state index contributed by atoms with van der Waals surface area (Å²) in [6.07, 6.45) is 9.89. The van der Waals surface area contributed by atoms with Crippen LogP contribution in [0.1, 0.15) is 43.6 Å². The minimum Gasteiger partial charge on any atom is -0.396 e. The van der Waals surface area contributed by atoms with Gasteiger partial charge < -0.3 is 17.2 Å². The van der Waals surface area contributed by atoms with Crippen molar-refractivity contribution >= 4 is 105 Å². The van der Waals surface area contributed by atoms with Gasteiger partial charge in [-0.15, -0.1) is 45.3 Å². The van der Waals surface area contributed by atoms with Gasteiger partial charge in [-0.3, -0.25) is 13.4 Å². The molecule has 0 radical (unpaired) electrons. The van der Waals surface area contributed by atoms with Gasteiger partial charge in [-0.05, 0) is 67.5 Å². The third kappa shape index (κ3) is 6.08. The molecule has 8 aromatic rings. The predicted molar refractivity (Wildman–Crippen MR) is 227 cm³/mol. The Labute approximate surface area is 336 Å². The van der Waals surface area contributed by atoms with E-state index in [1.54, 1.807) is 23.3 Å². The van der Waals surface area contributed by atoms with Gasteiger partial charge in [-0.25, -0.2) is 24.9 Å². The Morgan fingerprint density at radius 3 is 1.78 bits per heavy atom. The number of hydrogen-bond donors (Lipinski definition) is 3. The normalized spacial score (nSPS) is 18.3. The lowest BCUT2D eigenvalue weighted by Crippen LogP contribution is -2.31. The number of pyridine rings is 4. The van der Waals surface area contributed by atoms with E-state index < -0.39 is 21.6 Å². The summed E-state index contributed by atoms with van der Waals surface area (Å²) in [5, 5.41) is 5.64. The van der Waals surface area contributed by atoms with Crippen LogP contribution in [0.4, 0.5) is 17.2 Å². The van der Waals surface area contributed by atoms with E-state index in [1.165, 1.54) is 45.3 Å². The van der Waals surface area contributed by atoms with Crippen molar-refractivity contribution in [2.24, 2.45) is 0 Å². The monoisotopic (exact) mass is 837 g/mol. The van der Waals surface area contributed by atoms with E-state index in [1.807, 2.05) is 41.4 Å². The number of anilines is 3. The Morgan fingerprint density at radius 2 is 1.25 bits per heavy atom. The van der Waals surface area contributed by atoms with Crippen LogP contribution in [0.3, 0.4) is 0 Å². The molecular weight excluding hydrogens is 807 g/mol. The molecule has 2 fully saturated rings. The Kier molecular flexibility index (Phi) is 8.83. The number of nitrogen functional groups attached to an aromatic ring is 3. The molecule has 6 N–H and O–H groups in total. The molecule has 55 heavy (non-hydrogen) atoms. The van der Waals surface area contributed by atoms with Crippen LogP contribution >= 0.6 is 45.3 Å². The van der Waals surface area contributed by atoms with Crippen LogP contribution in [0.2, 0.25) is 0 Å². The highest BCUT2D eigenvalue weighted by Gasteiger charge is 2.38. The summed E-state index contributed by atoms with van der Waals surface area (Å²) in [6, 6.07) is 9.75. The summed E-state index contributed by atoms with van der Waals surface area (Å²) in [7, 11) is -2.50. The molecule has 10 rings (SSSR count). The molecule has 2 atom stereocenters. The molecule has 0 aliphatic heterocycles. The van der Waals surface area contributed by atoms with Crippen molar-refractivity contribution in [3.63, 3.8) is 0 Å². The second-order valence-electron chi connectivity index (χ2n) is 13.7. The zero-order valence-corrected chi connectivity index (χ0v) is 33.8. The average molecular weight is 838 g/mol. The molecule has 2 aliphatic rings. The zero-order valence-electron chi connectivity index (χ0n) is 28.9. The van der Waals surface area contributed by atoms with Gasteiger partial charge in [0.15, 0.2) is 0 Å². The zero-order chi connectivity index (χ0) is 37.4. The quantitative estimate of drug-likeness (QED) is 0.126. The molecule has 11 nitrogen and oxygen atoms in total. The first-order valence-corrected chi connectivity index (χ1v) is 23.5. The van der Waals surface area contributed by atoms with Crippen molar-refractivity contribution in [2.75, 3.05) is 17.2 Å². The van der Waals surface area contributed by atoms with Crippen LogP contribution in [0.25, 0.3) is 65.5 Å². The first-order chi connectivity index (χ1) is 26.8. The number of rotatable bonds is 9. The summed E-state index contributed by atoms with van der Waals surface area (Å²) in [4.78, 5) is 29.5. The number of thiazole rings is 2.